The number of morpholine rings is 1. The molecule has 2 aliphatic rings. The number of carbonyl (C=O) groups is 3. The second kappa shape index (κ2) is 13.2. The van der Waals surface area contributed by atoms with Crippen LogP contribution < -0.4 is 4.74 Å². The molecule has 2 N–H and O–H groups in total. The highest BCUT2D eigenvalue weighted by Gasteiger charge is 2.46. The smallest absolute Gasteiger partial charge is 0.475 e. The lowest BCUT2D eigenvalue weighted by atomic mass is 10.1. The van der Waals surface area contributed by atoms with Crippen LogP contribution in [0.2, 0.25) is 0 Å². The lowest BCUT2D eigenvalue weighted by Crippen LogP contribution is -2.54. The van der Waals surface area contributed by atoms with Gasteiger partial charge < -0.3 is 24.6 Å². The molecule has 3 heterocycles. The lowest BCUT2D eigenvalue weighted by Gasteiger charge is -2.38. The van der Waals surface area contributed by atoms with Crippen LogP contribution in [0.3, 0.4) is 0 Å². The summed E-state index contributed by atoms with van der Waals surface area (Å²) in [6.07, 6.45) is -6.95. The minimum atomic E-state index is -5.08. The zero-order valence-corrected chi connectivity index (χ0v) is 20.1. The summed E-state index contributed by atoms with van der Waals surface area (Å²) < 4.78 is 75.4. The Kier molecular flexibility index (Phi) is 10.6. The molecule has 1 aliphatic carbocycles. The summed E-state index contributed by atoms with van der Waals surface area (Å²) in [5.41, 5.74) is 1.34. The van der Waals surface area contributed by atoms with Crippen LogP contribution in [0.4, 0.5) is 26.3 Å². The Balaban J connectivity index is 0.000000317. The normalized spacial score (nSPS) is 20.4. The molecular weight excluding hydrogens is 544 g/mol. The Bertz CT molecular complexity index is 1110. The molecule has 0 spiro atoms. The summed E-state index contributed by atoms with van der Waals surface area (Å²) in [6.45, 7) is 3.00. The average Bonchev–Trinajstić information content (AvgIpc) is 3.26. The van der Waals surface area contributed by atoms with Crippen LogP contribution in [0.1, 0.15) is 29.0 Å². The fraction of sp³-hybridized carbons (Fsp3) is 0.435. The summed E-state index contributed by atoms with van der Waals surface area (Å²) in [5, 5.41) is 14.2. The van der Waals surface area contributed by atoms with Crippen molar-refractivity contribution in [3.05, 3.63) is 54.0 Å². The largest absolute Gasteiger partial charge is 0.490 e. The molecule has 2 aromatic heterocycles. The topological polar surface area (TPSA) is 139 Å². The minimum Gasteiger partial charge on any atom is -0.475 e. The predicted molar refractivity (Wildman–Crippen MR) is 119 cm³/mol. The maximum atomic E-state index is 12.9. The number of rotatable bonds is 3. The molecule has 0 unspecified atom stereocenters. The Labute approximate surface area is 217 Å². The maximum absolute atomic E-state index is 12.9. The van der Waals surface area contributed by atoms with E-state index < -0.39 is 24.3 Å². The predicted octanol–water partition coefficient (Wildman–Crippen LogP) is 3.50. The highest BCUT2D eigenvalue weighted by Crippen LogP contribution is 2.33. The van der Waals surface area contributed by atoms with Gasteiger partial charge in [-0.3, -0.25) is 4.79 Å². The third-order valence-corrected chi connectivity index (χ3v) is 5.30. The van der Waals surface area contributed by atoms with E-state index in [9.17, 15) is 31.1 Å². The average molecular weight is 567 g/mol. The minimum absolute atomic E-state index is 0.0253. The quantitative estimate of drug-likeness (QED) is 0.534. The third kappa shape index (κ3) is 9.38. The second-order valence-corrected chi connectivity index (χ2v) is 8.07. The molecule has 3 atom stereocenters. The third-order valence-electron chi connectivity index (χ3n) is 5.30. The standard InChI is InChI=1S/C19H21N3O3.2C2HF3O2/c1-13-5-4-6-14(21-13)19(23)22-11-12-24-18-15(22)8-9-16(18)25-17-7-2-3-10-20-17;2*3-2(4,5)1(6)7/h2-7,10,15-16,18H,8-9,11-12H2,1H3;2*(H,6,7)/t15-,16+,18+;;/m0../s1. The van der Waals surface area contributed by atoms with E-state index in [0.717, 1.165) is 18.5 Å². The van der Waals surface area contributed by atoms with E-state index in [1.54, 1.807) is 12.3 Å². The first-order valence-corrected chi connectivity index (χ1v) is 11.2. The molecule has 0 radical (unpaired) electrons. The van der Waals surface area contributed by atoms with Crippen molar-refractivity contribution in [2.75, 3.05) is 13.2 Å². The van der Waals surface area contributed by atoms with Crippen LogP contribution in [0, 0.1) is 6.92 Å². The highest BCUT2D eigenvalue weighted by molar-refractivity contribution is 5.92. The van der Waals surface area contributed by atoms with Crippen molar-refractivity contribution in [3.63, 3.8) is 0 Å². The van der Waals surface area contributed by atoms with E-state index in [1.807, 2.05) is 42.2 Å². The molecule has 2 fully saturated rings. The number of hydrogen-bond acceptors (Lipinski definition) is 7. The van der Waals surface area contributed by atoms with Crippen LogP contribution in [0.15, 0.2) is 42.6 Å². The number of aromatic nitrogens is 2. The van der Waals surface area contributed by atoms with Crippen molar-refractivity contribution in [2.24, 2.45) is 0 Å². The van der Waals surface area contributed by atoms with Gasteiger partial charge in [0, 0.05) is 24.5 Å². The number of pyridine rings is 2. The van der Waals surface area contributed by atoms with E-state index in [2.05, 4.69) is 9.97 Å². The van der Waals surface area contributed by atoms with Crippen LogP contribution >= 0.6 is 0 Å². The van der Waals surface area contributed by atoms with Crippen molar-refractivity contribution in [1.82, 2.24) is 14.9 Å². The van der Waals surface area contributed by atoms with E-state index >= 15 is 0 Å². The summed E-state index contributed by atoms with van der Waals surface area (Å²) in [6, 6.07) is 11.2. The number of ether oxygens (including phenoxy) is 2. The molecule has 214 valence electrons. The molecule has 1 saturated heterocycles. The molecule has 16 heteroatoms. The number of amides is 1. The Morgan fingerprint density at radius 2 is 1.59 bits per heavy atom. The van der Waals surface area contributed by atoms with Crippen LogP contribution in [0.25, 0.3) is 0 Å². The Morgan fingerprint density at radius 3 is 2.10 bits per heavy atom. The Morgan fingerprint density at radius 1 is 0.974 bits per heavy atom. The molecule has 0 aromatic carbocycles. The van der Waals surface area contributed by atoms with Crippen molar-refractivity contribution >= 4 is 17.8 Å². The van der Waals surface area contributed by atoms with Crippen LogP contribution in [-0.4, -0.2) is 86.7 Å². The van der Waals surface area contributed by atoms with Crippen LogP contribution in [0.5, 0.6) is 5.88 Å². The van der Waals surface area contributed by atoms with Gasteiger partial charge in [-0.1, -0.05) is 12.1 Å². The second-order valence-electron chi connectivity index (χ2n) is 8.07. The lowest BCUT2D eigenvalue weighted by molar-refractivity contribution is -0.193. The van der Waals surface area contributed by atoms with Crippen molar-refractivity contribution < 1.29 is 60.4 Å². The summed E-state index contributed by atoms with van der Waals surface area (Å²) in [4.78, 5) is 41.2. The summed E-state index contributed by atoms with van der Waals surface area (Å²) in [7, 11) is 0. The fourth-order valence-electron chi connectivity index (χ4n) is 3.68. The number of hydrogen-bond donors (Lipinski definition) is 2. The van der Waals surface area contributed by atoms with Gasteiger partial charge in [0.15, 0.2) is 0 Å². The number of halogens is 6. The number of carboxylic acid groups (broad SMARTS) is 2. The van der Waals surface area contributed by atoms with Gasteiger partial charge in [-0.25, -0.2) is 19.6 Å². The maximum Gasteiger partial charge on any atom is 0.490 e. The molecule has 39 heavy (non-hydrogen) atoms. The first-order chi connectivity index (χ1) is 18.1. The van der Waals surface area contributed by atoms with Gasteiger partial charge in [-0.2, -0.15) is 26.3 Å². The zero-order valence-electron chi connectivity index (χ0n) is 20.1. The SMILES string of the molecule is Cc1cccc(C(=O)N2CCO[C@H]3[C@H](Oc4ccccn4)CC[C@@H]32)n1.O=C(O)C(F)(F)F.O=C(O)C(F)(F)F. The van der Waals surface area contributed by atoms with Gasteiger partial charge in [0.1, 0.15) is 17.9 Å². The van der Waals surface area contributed by atoms with Gasteiger partial charge in [0.05, 0.1) is 12.6 Å². The molecule has 10 nitrogen and oxygen atoms in total. The number of carbonyl (C=O) groups excluding carboxylic acids is 1. The van der Waals surface area contributed by atoms with Gasteiger partial charge in [0.25, 0.3) is 5.91 Å². The molecule has 0 bridgehead atoms. The number of aliphatic carboxylic acids is 2. The zero-order chi connectivity index (χ0) is 29.4. The number of carboxylic acids is 2. The van der Waals surface area contributed by atoms with Crippen molar-refractivity contribution in [3.8, 4) is 5.88 Å². The highest BCUT2D eigenvalue weighted by atomic mass is 19.4. The van der Waals surface area contributed by atoms with E-state index in [-0.39, 0.29) is 24.2 Å². The first-order valence-electron chi connectivity index (χ1n) is 11.2. The van der Waals surface area contributed by atoms with Crippen molar-refractivity contribution in [1.29, 1.82) is 0 Å². The monoisotopic (exact) mass is 567 g/mol. The summed E-state index contributed by atoms with van der Waals surface area (Å²) >= 11 is 0. The van der Waals surface area contributed by atoms with Gasteiger partial charge in [0.2, 0.25) is 5.88 Å². The summed E-state index contributed by atoms with van der Waals surface area (Å²) in [5.74, 6) is -4.94. The number of fused-ring (bicyclic) bond motifs is 1. The Hall–Kier alpha value is -3.95. The fourth-order valence-corrected chi connectivity index (χ4v) is 3.68. The number of nitrogens with zero attached hydrogens (tertiary/aromatic N) is 3. The van der Waals surface area contributed by atoms with E-state index in [0.29, 0.717) is 24.7 Å². The molecule has 1 saturated carbocycles. The van der Waals surface area contributed by atoms with Gasteiger partial charge >= 0.3 is 24.3 Å². The molecule has 1 aliphatic heterocycles. The molecule has 4 rings (SSSR count). The van der Waals surface area contributed by atoms with E-state index in [1.165, 1.54) is 0 Å². The van der Waals surface area contributed by atoms with Gasteiger partial charge in [-0.05, 0) is 38.0 Å². The van der Waals surface area contributed by atoms with Gasteiger partial charge in [-0.15, -0.1) is 0 Å². The molecule has 1 amide bonds. The van der Waals surface area contributed by atoms with Crippen LogP contribution in [-0.2, 0) is 14.3 Å². The number of aryl methyl sites for hydroxylation is 1. The molecule has 2 aromatic rings. The van der Waals surface area contributed by atoms with Crippen molar-refractivity contribution in [2.45, 2.75) is 50.4 Å². The first kappa shape index (κ1) is 31.3. The molecular formula is C23H23F6N3O7. The van der Waals surface area contributed by atoms with E-state index in [4.69, 9.17) is 29.3 Å². The number of alkyl halides is 6.